The van der Waals surface area contributed by atoms with Crippen molar-refractivity contribution in [3.05, 3.63) is 34.8 Å². The average Bonchev–Trinajstić information content (AvgIpc) is 3.01. The normalized spacial score (nSPS) is 24.0. The highest BCUT2D eigenvalue weighted by Gasteiger charge is 2.46. The number of ketones is 1. The van der Waals surface area contributed by atoms with E-state index in [1.165, 1.54) is 7.11 Å². The molecule has 0 spiro atoms. The van der Waals surface area contributed by atoms with E-state index in [1.807, 2.05) is 0 Å². The van der Waals surface area contributed by atoms with Crippen LogP contribution in [0.4, 0.5) is 0 Å². The molecule has 3 rings (SSSR count). The molecule has 1 aliphatic carbocycles. The number of aromatic amines is 1. The minimum Gasteiger partial charge on any atom is -0.464 e. The van der Waals surface area contributed by atoms with E-state index in [4.69, 9.17) is 4.74 Å². The van der Waals surface area contributed by atoms with Crippen LogP contribution in [0.25, 0.3) is 0 Å². The van der Waals surface area contributed by atoms with Crippen LogP contribution in [0.3, 0.4) is 0 Å². The number of rotatable bonds is 2. The van der Waals surface area contributed by atoms with E-state index in [2.05, 4.69) is 30.7 Å². The average molecular weight is 288 g/mol. The van der Waals surface area contributed by atoms with Crippen molar-refractivity contribution in [2.75, 3.05) is 13.7 Å². The molecule has 0 saturated carbocycles. The molecule has 1 N–H and O–H groups in total. The Kier molecular flexibility index (Phi) is 2.97. The van der Waals surface area contributed by atoms with Gasteiger partial charge in [0.15, 0.2) is 0 Å². The number of hydrogen-bond donors (Lipinski definition) is 1. The molecule has 1 aromatic rings. The maximum absolute atomic E-state index is 12.4. The Morgan fingerprint density at radius 3 is 2.81 bits per heavy atom. The van der Waals surface area contributed by atoms with Crippen LogP contribution in [0.1, 0.15) is 53.7 Å². The van der Waals surface area contributed by atoms with E-state index in [-0.39, 0.29) is 11.2 Å². The monoisotopic (exact) mass is 288 g/mol. The standard InChI is InChI=1S/C16H20N2O3/c1-9(2)18-6-5-16(3)10-7-11(15(20)21-4)17-14(10)12(19)8-13(16)18/h7-9,17H,5-6H2,1-4H3. The van der Waals surface area contributed by atoms with Crippen molar-refractivity contribution >= 4 is 11.8 Å². The Labute approximate surface area is 124 Å². The summed E-state index contributed by atoms with van der Waals surface area (Å²) in [7, 11) is 1.34. The summed E-state index contributed by atoms with van der Waals surface area (Å²) in [4.78, 5) is 29.3. The van der Waals surface area contributed by atoms with Crippen molar-refractivity contribution in [2.24, 2.45) is 0 Å². The van der Waals surface area contributed by atoms with Gasteiger partial charge in [-0.05, 0) is 38.8 Å². The number of carbonyl (C=O) groups excluding carboxylic acids is 2. The van der Waals surface area contributed by atoms with Gasteiger partial charge in [0.25, 0.3) is 0 Å². The van der Waals surface area contributed by atoms with E-state index in [0.29, 0.717) is 17.4 Å². The van der Waals surface area contributed by atoms with Gasteiger partial charge in [-0.25, -0.2) is 4.79 Å². The molecule has 2 heterocycles. The minimum atomic E-state index is -0.443. The lowest BCUT2D eigenvalue weighted by atomic mass is 9.75. The molecule has 1 aliphatic heterocycles. The van der Waals surface area contributed by atoms with E-state index in [0.717, 1.165) is 24.2 Å². The molecule has 1 unspecified atom stereocenters. The van der Waals surface area contributed by atoms with Crippen LogP contribution in [0, 0.1) is 0 Å². The molecular formula is C16H20N2O3. The van der Waals surface area contributed by atoms with Crippen molar-refractivity contribution in [1.29, 1.82) is 0 Å². The van der Waals surface area contributed by atoms with Crippen LogP contribution in [-0.2, 0) is 10.2 Å². The molecule has 0 bridgehead atoms. The quantitative estimate of drug-likeness (QED) is 0.848. The number of nitrogens with one attached hydrogen (secondary N) is 1. The summed E-state index contributed by atoms with van der Waals surface area (Å²) >= 11 is 0. The number of hydrogen-bond acceptors (Lipinski definition) is 4. The third kappa shape index (κ3) is 1.83. The second kappa shape index (κ2) is 4.48. The zero-order valence-electron chi connectivity index (χ0n) is 12.8. The van der Waals surface area contributed by atoms with Crippen LogP contribution < -0.4 is 0 Å². The summed E-state index contributed by atoms with van der Waals surface area (Å²) < 4.78 is 4.74. The fraction of sp³-hybridized carbons (Fsp3) is 0.500. The SMILES string of the molecule is COC(=O)c1cc2c([nH]1)C(=O)C=C1N(C(C)C)CCC12C. The van der Waals surface area contributed by atoms with Gasteiger partial charge in [0, 0.05) is 29.8 Å². The van der Waals surface area contributed by atoms with Crippen molar-refractivity contribution in [3.8, 4) is 0 Å². The number of likely N-dealkylation sites (tertiary alicyclic amines) is 1. The van der Waals surface area contributed by atoms with Crippen LogP contribution in [-0.4, -0.2) is 41.3 Å². The van der Waals surface area contributed by atoms with Gasteiger partial charge in [-0.1, -0.05) is 0 Å². The van der Waals surface area contributed by atoms with Gasteiger partial charge in [0.1, 0.15) is 5.69 Å². The topological polar surface area (TPSA) is 62.4 Å². The van der Waals surface area contributed by atoms with Crippen molar-refractivity contribution < 1.29 is 14.3 Å². The molecule has 5 heteroatoms. The lowest BCUT2D eigenvalue weighted by molar-refractivity contribution is 0.0594. The Bertz CT molecular complexity index is 656. The zero-order valence-corrected chi connectivity index (χ0v) is 12.8. The van der Waals surface area contributed by atoms with Gasteiger partial charge in [0.05, 0.1) is 12.8 Å². The third-order valence-electron chi connectivity index (χ3n) is 4.68. The maximum atomic E-state index is 12.4. The summed E-state index contributed by atoms with van der Waals surface area (Å²) in [5.41, 5.74) is 2.62. The Hall–Kier alpha value is -2.04. The molecule has 112 valence electrons. The highest BCUT2D eigenvalue weighted by molar-refractivity contribution is 6.08. The third-order valence-corrected chi connectivity index (χ3v) is 4.68. The largest absolute Gasteiger partial charge is 0.464 e. The van der Waals surface area contributed by atoms with Gasteiger partial charge >= 0.3 is 5.97 Å². The highest BCUT2D eigenvalue weighted by Crippen LogP contribution is 2.47. The fourth-order valence-corrected chi connectivity index (χ4v) is 3.46. The van der Waals surface area contributed by atoms with E-state index in [1.54, 1.807) is 12.1 Å². The number of H-pyrrole nitrogens is 1. The molecule has 1 fully saturated rings. The number of carbonyl (C=O) groups is 2. The number of esters is 1. The smallest absolute Gasteiger partial charge is 0.354 e. The van der Waals surface area contributed by atoms with Crippen LogP contribution in [0.15, 0.2) is 17.8 Å². The Morgan fingerprint density at radius 1 is 1.48 bits per heavy atom. The Morgan fingerprint density at radius 2 is 2.19 bits per heavy atom. The molecular weight excluding hydrogens is 268 g/mol. The number of methoxy groups -OCH3 is 1. The lowest BCUT2D eigenvalue weighted by Gasteiger charge is -2.34. The van der Waals surface area contributed by atoms with Gasteiger partial charge < -0.3 is 14.6 Å². The predicted molar refractivity (Wildman–Crippen MR) is 78.4 cm³/mol. The summed E-state index contributed by atoms with van der Waals surface area (Å²) in [5.74, 6) is -0.513. The summed E-state index contributed by atoms with van der Waals surface area (Å²) in [6.45, 7) is 7.32. The van der Waals surface area contributed by atoms with Gasteiger partial charge in [0.2, 0.25) is 5.78 Å². The molecule has 0 amide bonds. The number of ether oxygens (including phenoxy) is 1. The lowest BCUT2D eigenvalue weighted by Crippen LogP contribution is -2.34. The van der Waals surface area contributed by atoms with E-state index in [9.17, 15) is 9.59 Å². The maximum Gasteiger partial charge on any atom is 0.354 e. The molecule has 0 aromatic carbocycles. The van der Waals surface area contributed by atoms with Crippen molar-refractivity contribution in [1.82, 2.24) is 9.88 Å². The molecule has 1 saturated heterocycles. The number of fused-ring (bicyclic) bond motifs is 3. The Balaban J connectivity index is 2.11. The number of allylic oxidation sites excluding steroid dienone is 2. The summed E-state index contributed by atoms with van der Waals surface area (Å²) in [6.07, 6.45) is 2.66. The number of aromatic nitrogens is 1. The van der Waals surface area contributed by atoms with Gasteiger partial charge in [-0.15, -0.1) is 0 Å². The molecule has 21 heavy (non-hydrogen) atoms. The van der Waals surface area contributed by atoms with Crippen molar-refractivity contribution in [3.63, 3.8) is 0 Å². The highest BCUT2D eigenvalue weighted by atomic mass is 16.5. The summed E-state index contributed by atoms with van der Waals surface area (Å²) in [6, 6.07) is 2.13. The molecule has 0 radical (unpaired) electrons. The molecule has 1 aromatic heterocycles. The van der Waals surface area contributed by atoms with Gasteiger partial charge in [-0.2, -0.15) is 0 Å². The number of nitrogens with zero attached hydrogens (tertiary/aromatic N) is 1. The first-order chi connectivity index (χ1) is 9.88. The minimum absolute atomic E-state index is 0.0693. The van der Waals surface area contributed by atoms with Crippen LogP contribution in [0.2, 0.25) is 0 Å². The summed E-state index contributed by atoms with van der Waals surface area (Å²) in [5, 5.41) is 0. The van der Waals surface area contributed by atoms with Crippen LogP contribution >= 0.6 is 0 Å². The molecule has 1 atom stereocenters. The van der Waals surface area contributed by atoms with Gasteiger partial charge in [-0.3, -0.25) is 4.79 Å². The second-order valence-electron chi connectivity index (χ2n) is 6.23. The van der Waals surface area contributed by atoms with Crippen molar-refractivity contribution in [2.45, 2.75) is 38.6 Å². The second-order valence-corrected chi connectivity index (χ2v) is 6.23. The van der Waals surface area contributed by atoms with E-state index < -0.39 is 5.97 Å². The molecule has 5 nitrogen and oxygen atoms in total. The first-order valence-corrected chi connectivity index (χ1v) is 7.23. The first kappa shape index (κ1) is 13.9. The predicted octanol–water partition coefficient (Wildman–Crippen LogP) is 2.25. The van der Waals surface area contributed by atoms with Crippen LogP contribution in [0.5, 0.6) is 0 Å². The molecule has 2 aliphatic rings. The zero-order chi connectivity index (χ0) is 15.4. The first-order valence-electron chi connectivity index (χ1n) is 7.23. The van der Waals surface area contributed by atoms with E-state index >= 15 is 0 Å². The fourth-order valence-electron chi connectivity index (χ4n) is 3.46.